The molecule has 0 bridgehead atoms. The van der Waals surface area contributed by atoms with Gasteiger partial charge in [0.1, 0.15) is 11.8 Å². The molecule has 5 nitrogen and oxygen atoms in total. The monoisotopic (exact) mass is 201 g/mol. The molecule has 0 radical (unpaired) electrons. The van der Waals surface area contributed by atoms with Crippen molar-refractivity contribution < 1.29 is 9.47 Å². The number of aromatic nitrogens is 2. The van der Waals surface area contributed by atoms with Gasteiger partial charge in [-0.05, 0) is 6.07 Å². The smallest absolute Gasteiger partial charge is 0.231 e. The standard InChI is InChI=1S/C10H7N3O2/c1-13-8(4-11)6-2-9-10(15-5-14-9)3-7(6)12-13/h2-3H,5H2,1H3. The summed E-state index contributed by atoms with van der Waals surface area (Å²) in [7, 11) is 1.74. The number of hydrogen-bond donors (Lipinski definition) is 0. The van der Waals surface area contributed by atoms with E-state index in [-0.39, 0.29) is 6.79 Å². The Morgan fingerprint density at radius 3 is 2.87 bits per heavy atom. The van der Waals surface area contributed by atoms with E-state index in [9.17, 15) is 0 Å². The molecular weight excluding hydrogens is 194 g/mol. The zero-order valence-corrected chi connectivity index (χ0v) is 8.02. The van der Waals surface area contributed by atoms with Gasteiger partial charge in [-0.15, -0.1) is 0 Å². The van der Waals surface area contributed by atoms with E-state index in [1.165, 1.54) is 0 Å². The highest BCUT2D eigenvalue weighted by Crippen LogP contribution is 2.36. The molecule has 0 saturated carbocycles. The van der Waals surface area contributed by atoms with Gasteiger partial charge in [0.2, 0.25) is 6.79 Å². The van der Waals surface area contributed by atoms with E-state index >= 15 is 0 Å². The molecule has 0 fully saturated rings. The maximum absolute atomic E-state index is 8.97. The third-order valence-corrected chi connectivity index (χ3v) is 2.43. The number of ether oxygens (including phenoxy) is 2. The van der Waals surface area contributed by atoms with Crippen molar-refractivity contribution in [2.45, 2.75) is 0 Å². The fourth-order valence-electron chi connectivity index (χ4n) is 1.72. The van der Waals surface area contributed by atoms with Crippen molar-refractivity contribution in [3.8, 4) is 17.6 Å². The lowest BCUT2D eigenvalue weighted by molar-refractivity contribution is 0.174. The van der Waals surface area contributed by atoms with Crippen LogP contribution in [0.15, 0.2) is 12.1 Å². The lowest BCUT2D eigenvalue weighted by atomic mass is 10.2. The Bertz CT molecular complexity index is 595. The van der Waals surface area contributed by atoms with Gasteiger partial charge >= 0.3 is 0 Å². The molecule has 0 atom stereocenters. The average molecular weight is 201 g/mol. The zero-order valence-electron chi connectivity index (χ0n) is 8.02. The van der Waals surface area contributed by atoms with Crippen LogP contribution in [0.1, 0.15) is 5.69 Å². The molecule has 1 aromatic carbocycles. The van der Waals surface area contributed by atoms with Gasteiger partial charge < -0.3 is 9.47 Å². The van der Waals surface area contributed by atoms with Crippen LogP contribution in [0.25, 0.3) is 10.9 Å². The average Bonchev–Trinajstić information content (AvgIpc) is 2.76. The van der Waals surface area contributed by atoms with Crippen molar-refractivity contribution in [2.75, 3.05) is 6.79 Å². The van der Waals surface area contributed by atoms with Gasteiger partial charge in [-0.25, -0.2) is 0 Å². The maximum Gasteiger partial charge on any atom is 0.231 e. The van der Waals surface area contributed by atoms with Crippen LogP contribution in [0.4, 0.5) is 0 Å². The van der Waals surface area contributed by atoms with Gasteiger partial charge in [-0.2, -0.15) is 10.4 Å². The molecule has 0 N–H and O–H groups in total. The Labute approximate surface area is 85.4 Å². The van der Waals surface area contributed by atoms with E-state index in [4.69, 9.17) is 14.7 Å². The van der Waals surface area contributed by atoms with Crippen LogP contribution < -0.4 is 9.47 Å². The summed E-state index contributed by atoms with van der Waals surface area (Å²) in [6.45, 7) is 0.232. The molecule has 0 amide bonds. The number of aryl methyl sites for hydroxylation is 1. The van der Waals surface area contributed by atoms with E-state index < -0.39 is 0 Å². The van der Waals surface area contributed by atoms with Crippen LogP contribution in [0.2, 0.25) is 0 Å². The minimum atomic E-state index is 0.232. The van der Waals surface area contributed by atoms with E-state index in [2.05, 4.69) is 11.2 Å². The molecule has 0 aliphatic carbocycles. The van der Waals surface area contributed by atoms with E-state index in [1.807, 2.05) is 0 Å². The van der Waals surface area contributed by atoms with E-state index in [0.717, 1.165) is 10.9 Å². The molecule has 74 valence electrons. The Balaban J connectivity index is 2.39. The van der Waals surface area contributed by atoms with Crippen molar-refractivity contribution in [3.63, 3.8) is 0 Å². The molecule has 15 heavy (non-hydrogen) atoms. The summed E-state index contributed by atoms with van der Waals surface area (Å²) in [6.07, 6.45) is 0. The largest absolute Gasteiger partial charge is 0.454 e. The third kappa shape index (κ3) is 0.987. The van der Waals surface area contributed by atoms with E-state index in [1.54, 1.807) is 23.9 Å². The van der Waals surface area contributed by atoms with Crippen LogP contribution in [-0.4, -0.2) is 16.6 Å². The first-order valence-corrected chi connectivity index (χ1v) is 4.46. The molecule has 2 aromatic rings. The van der Waals surface area contributed by atoms with Gasteiger partial charge in [0.05, 0.1) is 5.52 Å². The summed E-state index contributed by atoms with van der Waals surface area (Å²) in [5, 5.41) is 14.0. The third-order valence-electron chi connectivity index (χ3n) is 2.43. The SMILES string of the molecule is Cn1nc2cc3c(cc2c1C#N)OCO3. The van der Waals surface area contributed by atoms with Gasteiger partial charge in [0.25, 0.3) is 0 Å². The lowest BCUT2D eigenvalue weighted by Gasteiger charge is -1.94. The zero-order chi connectivity index (χ0) is 10.4. The number of benzene rings is 1. The van der Waals surface area contributed by atoms with Crippen molar-refractivity contribution in [2.24, 2.45) is 7.05 Å². The molecule has 5 heteroatoms. The molecule has 3 rings (SSSR count). The summed E-state index contributed by atoms with van der Waals surface area (Å²) in [4.78, 5) is 0. The maximum atomic E-state index is 8.97. The predicted octanol–water partition coefficient (Wildman–Crippen LogP) is 1.17. The van der Waals surface area contributed by atoms with E-state index in [0.29, 0.717) is 17.2 Å². The minimum Gasteiger partial charge on any atom is -0.454 e. The second-order valence-electron chi connectivity index (χ2n) is 3.31. The van der Waals surface area contributed by atoms with Crippen LogP contribution in [0.3, 0.4) is 0 Å². The van der Waals surface area contributed by atoms with Crippen LogP contribution in [0.5, 0.6) is 11.5 Å². The second kappa shape index (κ2) is 2.64. The first-order chi connectivity index (χ1) is 7.29. The van der Waals surface area contributed by atoms with Gasteiger partial charge in [-0.3, -0.25) is 4.68 Å². The number of hydrogen-bond acceptors (Lipinski definition) is 4. The number of rotatable bonds is 0. The van der Waals surface area contributed by atoms with Crippen molar-refractivity contribution in [1.82, 2.24) is 9.78 Å². The highest BCUT2D eigenvalue weighted by Gasteiger charge is 2.18. The normalized spacial score (nSPS) is 13.1. The predicted molar refractivity (Wildman–Crippen MR) is 51.6 cm³/mol. The molecule has 0 saturated heterocycles. The highest BCUT2D eigenvalue weighted by molar-refractivity contribution is 5.87. The Morgan fingerprint density at radius 2 is 2.13 bits per heavy atom. The van der Waals surface area contributed by atoms with Crippen molar-refractivity contribution in [3.05, 3.63) is 17.8 Å². The summed E-state index contributed by atoms with van der Waals surface area (Å²) < 4.78 is 12.0. The van der Waals surface area contributed by atoms with Crippen LogP contribution in [-0.2, 0) is 7.05 Å². The quantitative estimate of drug-likeness (QED) is 0.642. The second-order valence-corrected chi connectivity index (χ2v) is 3.31. The lowest BCUT2D eigenvalue weighted by Crippen LogP contribution is -1.94. The van der Waals surface area contributed by atoms with Gasteiger partial charge in [0.15, 0.2) is 11.5 Å². The molecule has 1 aliphatic rings. The molecule has 0 unspecified atom stereocenters. The number of nitriles is 1. The van der Waals surface area contributed by atoms with Crippen molar-refractivity contribution in [1.29, 1.82) is 5.26 Å². The topological polar surface area (TPSA) is 60.1 Å². The molecule has 1 aromatic heterocycles. The van der Waals surface area contributed by atoms with Gasteiger partial charge in [0, 0.05) is 18.5 Å². The fourth-order valence-corrected chi connectivity index (χ4v) is 1.72. The summed E-state index contributed by atoms with van der Waals surface area (Å²) in [5.41, 5.74) is 1.28. The molecule has 1 aliphatic heterocycles. The number of nitrogens with zero attached hydrogens (tertiary/aromatic N) is 3. The van der Waals surface area contributed by atoms with Gasteiger partial charge in [-0.1, -0.05) is 0 Å². The van der Waals surface area contributed by atoms with Crippen LogP contribution in [0, 0.1) is 11.3 Å². The Kier molecular flexibility index (Phi) is 1.43. The first-order valence-electron chi connectivity index (χ1n) is 4.46. The minimum absolute atomic E-state index is 0.232. The number of fused-ring (bicyclic) bond motifs is 2. The Hall–Kier alpha value is -2.22. The summed E-state index contributed by atoms with van der Waals surface area (Å²) >= 11 is 0. The Morgan fingerprint density at radius 1 is 1.40 bits per heavy atom. The fraction of sp³-hybridized carbons (Fsp3) is 0.200. The molecule has 2 heterocycles. The highest BCUT2D eigenvalue weighted by atomic mass is 16.7. The summed E-state index contributed by atoms with van der Waals surface area (Å²) in [5.74, 6) is 1.36. The molecular formula is C10H7N3O2. The summed E-state index contributed by atoms with van der Waals surface area (Å²) in [6, 6.07) is 5.70. The first kappa shape index (κ1) is 8.12. The molecule has 0 spiro atoms. The van der Waals surface area contributed by atoms with Crippen molar-refractivity contribution >= 4 is 10.9 Å². The van der Waals surface area contributed by atoms with Crippen LogP contribution >= 0.6 is 0 Å².